The summed E-state index contributed by atoms with van der Waals surface area (Å²) < 4.78 is 7.07. The number of rotatable bonds is 28. The molecule has 0 aromatic rings. The maximum absolute atomic E-state index is 13.7. The van der Waals surface area contributed by atoms with Crippen LogP contribution in [0.4, 0.5) is 0 Å². The summed E-state index contributed by atoms with van der Waals surface area (Å²) in [5.74, 6) is 0.282. The standard InChI is InChI=1S/C34H71O2P/c1-7-13-18-19-20-21-22-23-24-25-26-27-32-37(29-15-9-3,30-16-10-4,31-17-11-5)36-34(35)33(12-6)28-14-8-2/h33H,7-32H2,1-6H3. The van der Waals surface area contributed by atoms with Crippen LogP contribution in [0.3, 0.4) is 0 Å². The summed E-state index contributed by atoms with van der Waals surface area (Å²) in [5, 5.41) is 0. The Morgan fingerprint density at radius 3 is 1.22 bits per heavy atom. The van der Waals surface area contributed by atoms with Crippen LogP contribution >= 0.6 is 6.83 Å². The Hall–Kier alpha value is -0.100. The molecule has 0 rings (SSSR count). The summed E-state index contributed by atoms with van der Waals surface area (Å²) in [4.78, 5) is 13.7. The van der Waals surface area contributed by atoms with Crippen molar-refractivity contribution in [3.63, 3.8) is 0 Å². The van der Waals surface area contributed by atoms with Crippen molar-refractivity contribution in [3.8, 4) is 0 Å². The van der Waals surface area contributed by atoms with Crippen LogP contribution in [0.2, 0.25) is 0 Å². The molecule has 0 aromatic heterocycles. The van der Waals surface area contributed by atoms with E-state index in [2.05, 4.69) is 41.5 Å². The van der Waals surface area contributed by atoms with Gasteiger partial charge in [-0.3, -0.25) is 0 Å². The second-order valence-electron chi connectivity index (χ2n) is 12.4. The third-order valence-corrected chi connectivity index (χ3v) is 15.4. The summed E-state index contributed by atoms with van der Waals surface area (Å²) in [6.07, 6.45) is 33.0. The van der Waals surface area contributed by atoms with Gasteiger partial charge in [-0.15, -0.1) is 0 Å². The molecule has 0 aliphatic rings. The predicted octanol–water partition coefficient (Wildman–Crippen LogP) is 12.3. The number of carbonyl (C=O) groups excluding carboxylic acids is 1. The molecule has 224 valence electrons. The van der Waals surface area contributed by atoms with E-state index in [1.54, 1.807) is 0 Å². The quantitative estimate of drug-likeness (QED) is 0.0725. The van der Waals surface area contributed by atoms with Crippen LogP contribution in [0.5, 0.6) is 0 Å². The Bertz CT molecular complexity index is 493. The molecule has 0 aromatic carbocycles. The molecule has 1 atom stereocenters. The Morgan fingerprint density at radius 2 is 0.838 bits per heavy atom. The van der Waals surface area contributed by atoms with E-state index in [-0.39, 0.29) is 11.9 Å². The molecule has 0 aliphatic heterocycles. The summed E-state index contributed by atoms with van der Waals surface area (Å²) in [6.45, 7) is 11.1. The van der Waals surface area contributed by atoms with Gasteiger partial charge in [0.05, 0.1) is 0 Å². The summed E-state index contributed by atoms with van der Waals surface area (Å²) in [5.41, 5.74) is 0. The topological polar surface area (TPSA) is 26.3 Å². The zero-order valence-electron chi connectivity index (χ0n) is 26.7. The molecule has 0 amide bonds. The van der Waals surface area contributed by atoms with Crippen LogP contribution in [-0.2, 0) is 9.32 Å². The minimum absolute atomic E-state index is 0.105. The van der Waals surface area contributed by atoms with Crippen molar-refractivity contribution >= 4 is 12.8 Å². The third-order valence-electron chi connectivity index (χ3n) is 8.89. The van der Waals surface area contributed by atoms with Crippen molar-refractivity contribution in [1.29, 1.82) is 0 Å². The molecule has 0 radical (unpaired) electrons. The number of hydrogen-bond acceptors (Lipinski definition) is 2. The van der Waals surface area contributed by atoms with Gasteiger partial charge in [-0.1, -0.05) is 13.3 Å². The fourth-order valence-electron chi connectivity index (χ4n) is 6.15. The van der Waals surface area contributed by atoms with Crippen molar-refractivity contribution in [2.75, 3.05) is 24.6 Å². The van der Waals surface area contributed by atoms with E-state index in [9.17, 15) is 4.79 Å². The first kappa shape index (κ1) is 36.9. The van der Waals surface area contributed by atoms with Crippen molar-refractivity contribution in [2.45, 2.75) is 183 Å². The van der Waals surface area contributed by atoms with E-state index in [0.29, 0.717) is 0 Å². The molecular weight excluding hydrogens is 471 g/mol. The third kappa shape index (κ3) is 16.6. The number of carbonyl (C=O) groups is 1. The van der Waals surface area contributed by atoms with Gasteiger partial charge < -0.3 is 0 Å². The SMILES string of the molecule is CCCCCCCCCCCCCCP(CCCC)(CCCC)(CCCC)OC(=O)C(CC)CCCC. The van der Waals surface area contributed by atoms with Crippen molar-refractivity contribution in [1.82, 2.24) is 0 Å². The molecule has 0 bridgehead atoms. The molecule has 0 saturated carbocycles. The fourth-order valence-corrected chi connectivity index (χ4v) is 12.9. The van der Waals surface area contributed by atoms with Gasteiger partial charge in [0, 0.05) is 0 Å². The summed E-state index contributed by atoms with van der Waals surface area (Å²) in [6, 6.07) is 0. The van der Waals surface area contributed by atoms with Gasteiger partial charge in [0.2, 0.25) is 0 Å². The molecule has 0 fully saturated rings. The van der Waals surface area contributed by atoms with E-state index in [0.717, 1.165) is 25.7 Å². The molecule has 0 spiro atoms. The average molecular weight is 543 g/mol. The zero-order valence-corrected chi connectivity index (χ0v) is 27.6. The Kier molecular flexibility index (Phi) is 23.7. The second-order valence-corrected chi connectivity index (χ2v) is 18.0. The van der Waals surface area contributed by atoms with Crippen molar-refractivity contribution in [2.24, 2.45) is 5.92 Å². The van der Waals surface area contributed by atoms with Crippen molar-refractivity contribution in [3.05, 3.63) is 0 Å². The van der Waals surface area contributed by atoms with Gasteiger partial charge in [-0.25, -0.2) is 0 Å². The van der Waals surface area contributed by atoms with Crippen LogP contribution in [0, 0.1) is 5.92 Å². The van der Waals surface area contributed by atoms with Crippen molar-refractivity contribution < 1.29 is 9.32 Å². The van der Waals surface area contributed by atoms with Gasteiger partial charge in [-0.2, -0.15) is 0 Å². The molecule has 0 aliphatic carbocycles. The summed E-state index contributed by atoms with van der Waals surface area (Å²) >= 11 is 0. The van der Waals surface area contributed by atoms with Gasteiger partial charge in [0.25, 0.3) is 0 Å². The van der Waals surface area contributed by atoms with E-state index in [1.807, 2.05) is 0 Å². The van der Waals surface area contributed by atoms with Gasteiger partial charge in [0.15, 0.2) is 0 Å². The van der Waals surface area contributed by atoms with Crippen LogP contribution < -0.4 is 0 Å². The maximum atomic E-state index is 13.7. The van der Waals surface area contributed by atoms with Crippen LogP contribution in [0.25, 0.3) is 0 Å². The minimum atomic E-state index is -2.54. The Balaban J connectivity index is 5.21. The molecule has 2 nitrogen and oxygen atoms in total. The normalized spacial score (nSPS) is 13.8. The second kappa shape index (κ2) is 23.8. The Morgan fingerprint density at radius 1 is 0.486 bits per heavy atom. The first-order valence-corrected chi connectivity index (χ1v) is 20.1. The van der Waals surface area contributed by atoms with Crippen LogP contribution in [0.1, 0.15) is 183 Å². The molecule has 0 N–H and O–H groups in total. The van der Waals surface area contributed by atoms with Gasteiger partial charge >= 0.3 is 222 Å². The van der Waals surface area contributed by atoms with E-state index in [1.165, 1.54) is 140 Å². The van der Waals surface area contributed by atoms with E-state index < -0.39 is 6.83 Å². The number of unbranched alkanes of at least 4 members (excludes halogenated alkanes) is 15. The molecule has 3 heteroatoms. The zero-order chi connectivity index (χ0) is 27.7. The molecule has 0 saturated heterocycles. The molecule has 1 unspecified atom stereocenters. The van der Waals surface area contributed by atoms with Crippen LogP contribution in [0.15, 0.2) is 0 Å². The first-order chi connectivity index (χ1) is 18.0. The van der Waals surface area contributed by atoms with E-state index >= 15 is 0 Å². The molecule has 0 heterocycles. The van der Waals surface area contributed by atoms with E-state index in [4.69, 9.17) is 4.52 Å². The average Bonchev–Trinajstić information content (AvgIpc) is 2.91. The first-order valence-electron chi connectivity index (χ1n) is 17.2. The molecule has 37 heavy (non-hydrogen) atoms. The van der Waals surface area contributed by atoms with Crippen LogP contribution in [-0.4, -0.2) is 30.6 Å². The predicted molar refractivity (Wildman–Crippen MR) is 172 cm³/mol. The van der Waals surface area contributed by atoms with Gasteiger partial charge in [-0.05, 0) is 0 Å². The fraction of sp³-hybridized carbons (Fsp3) is 0.971. The molecular formula is C34H71O2P. The number of hydrogen-bond donors (Lipinski definition) is 0. The summed E-state index contributed by atoms with van der Waals surface area (Å²) in [7, 11) is 0. The van der Waals surface area contributed by atoms with Gasteiger partial charge in [0.1, 0.15) is 0 Å². The monoisotopic (exact) mass is 543 g/mol. The Labute approximate surface area is 235 Å².